The average Bonchev–Trinajstić information content (AvgIpc) is 3.21. The fraction of sp³-hybridized carbons (Fsp3) is 0. The molecule has 0 aliphatic rings. The summed E-state index contributed by atoms with van der Waals surface area (Å²) in [4.78, 5) is 2.50. The van der Waals surface area contributed by atoms with E-state index in [0.717, 1.165) is 17.1 Å². The fourth-order valence-electron chi connectivity index (χ4n) is 7.59. The van der Waals surface area contributed by atoms with Gasteiger partial charge in [-0.15, -0.1) is 0 Å². The lowest BCUT2D eigenvalue weighted by Crippen LogP contribution is -2.14. The highest BCUT2D eigenvalue weighted by Gasteiger charge is 2.25. The van der Waals surface area contributed by atoms with Crippen LogP contribution in [0.2, 0.25) is 0 Å². The van der Waals surface area contributed by atoms with Crippen molar-refractivity contribution >= 4 is 38.6 Å². The first-order valence-corrected chi connectivity index (χ1v) is 17.5. The largest absolute Gasteiger partial charge is 0.309 e. The molecule has 0 spiro atoms. The van der Waals surface area contributed by atoms with Crippen LogP contribution in [0, 0.1) is 0 Å². The van der Waals surface area contributed by atoms with Gasteiger partial charge >= 0.3 is 0 Å². The second-order valence-corrected chi connectivity index (χ2v) is 12.9. The Balaban J connectivity index is 1.42. The van der Waals surface area contributed by atoms with Crippen LogP contribution >= 0.6 is 0 Å². The van der Waals surface area contributed by atoms with Gasteiger partial charge in [0.2, 0.25) is 0 Å². The van der Waals surface area contributed by atoms with Crippen LogP contribution in [-0.2, 0) is 0 Å². The summed E-state index contributed by atoms with van der Waals surface area (Å²) in [6.07, 6.45) is 0. The van der Waals surface area contributed by atoms with Crippen LogP contribution in [0.3, 0.4) is 0 Å². The van der Waals surface area contributed by atoms with E-state index in [1.54, 1.807) is 0 Å². The van der Waals surface area contributed by atoms with Crippen molar-refractivity contribution in [2.45, 2.75) is 0 Å². The zero-order valence-corrected chi connectivity index (χ0v) is 28.2. The van der Waals surface area contributed by atoms with E-state index in [-0.39, 0.29) is 0 Å². The molecule has 9 aromatic rings. The van der Waals surface area contributed by atoms with Crippen molar-refractivity contribution in [2.75, 3.05) is 4.90 Å². The number of nitrogens with zero attached hydrogens (tertiary/aromatic N) is 1. The standard InChI is InChI=1S/C50H35N/c1-3-18-38(19-4-1)42-28-11-13-33-47(42)51(48-34-14-12-29-45(48)44-31-15-24-36-22-7-9-26-40(36)44)49-35-17-30-43(39-20-5-2-6-21-39)50(49)46-32-16-25-37-23-8-10-27-41(37)46/h1-35H. The summed E-state index contributed by atoms with van der Waals surface area (Å²) >= 11 is 0. The summed E-state index contributed by atoms with van der Waals surface area (Å²) in [5.41, 5.74) is 12.8. The Labute approximate surface area is 299 Å². The Morgan fingerprint density at radius 2 is 0.627 bits per heavy atom. The molecule has 240 valence electrons. The van der Waals surface area contributed by atoms with Gasteiger partial charge in [0, 0.05) is 16.7 Å². The topological polar surface area (TPSA) is 3.24 Å². The molecule has 0 aliphatic carbocycles. The molecule has 1 nitrogen and oxygen atoms in total. The summed E-state index contributed by atoms with van der Waals surface area (Å²) in [5, 5.41) is 4.90. The molecule has 0 amide bonds. The lowest BCUT2D eigenvalue weighted by Gasteiger charge is -2.33. The monoisotopic (exact) mass is 649 g/mol. The average molecular weight is 650 g/mol. The number of rotatable bonds is 7. The molecule has 0 radical (unpaired) electrons. The molecule has 0 fully saturated rings. The third-order valence-electron chi connectivity index (χ3n) is 9.88. The molecule has 1 heteroatoms. The van der Waals surface area contributed by atoms with E-state index in [9.17, 15) is 0 Å². The van der Waals surface area contributed by atoms with Crippen LogP contribution < -0.4 is 4.90 Å². The second kappa shape index (κ2) is 13.3. The van der Waals surface area contributed by atoms with Crippen LogP contribution in [-0.4, -0.2) is 0 Å². The van der Waals surface area contributed by atoms with Crippen molar-refractivity contribution in [3.05, 3.63) is 212 Å². The van der Waals surface area contributed by atoms with E-state index in [2.05, 4.69) is 217 Å². The van der Waals surface area contributed by atoms with Crippen molar-refractivity contribution in [3.8, 4) is 44.5 Å². The van der Waals surface area contributed by atoms with Crippen LogP contribution in [0.25, 0.3) is 66.1 Å². The number of hydrogen-bond acceptors (Lipinski definition) is 1. The van der Waals surface area contributed by atoms with Gasteiger partial charge < -0.3 is 4.90 Å². The molecule has 0 aliphatic heterocycles. The minimum Gasteiger partial charge on any atom is -0.309 e. The van der Waals surface area contributed by atoms with Gasteiger partial charge in [0.25, 0.3) is 0 Å². The van der Waals surface area contributed by atoms with Crippen molar-refractivity contribution in [1.29, 1.82) is 0 Å². The third kappa shape index (κ3) is 5.56. The lowest BCUT2D eigenvalue weighted by atomic mass is 9.88. The van der Waals surface area contributed by atoms with Crippen LogP contribution in [0.15, 0.2) is 212 Å². The molecule has 0 saturated carbocycles. The first-order valence-electron chi connectivity index (χ1n) is 17.5. The Morgan fingerprint density at radius 1 is 0.235 bits per heavy atom. The molecule has 0 heterocycles. The molecule has 9 aromatic carbocycles. The summed E-state index contributed by atoms with van der Waals surface area (Å²) in [6, 6.07) is 76.8. The quantitative estimate of drug-likeness (QED) is 0.166. The molecule has 0 aromatic heterocycles. The van der Waals surface area contributed by atoms with Gasteiger partial charge in [-0.3, -0.25) is 0 Å². The van der Waals surface area contributed by atoms with E-state index in [1.807, 2.05) is 0 Å². The molecule has 0 unspecified atom stereocenters. The number of hydrogen-bond donors (Lipinski definition) is 0. The summed E-state index contributed by atoms with van der Waals surface area (Å²) in [7, 11) is 0. The van der Waals surface area contributed by atoms with E-state index in [1.165, 1.54) is 66.1 Å². The van der Waals surface area contributed by atoms with Crippen molar-refractivity contribution in [2.24, 2.45) is 0 Å². The van der Waals surface area contributed by atoms with Gasteiger partial charge in [0.15, 0.2) is 0 Å². The predicted octanol–water partition coefficient (Wildman–Crippen LogP) is 14.1. The van der Waals surface area contributed by atoms with Crippen molar-refractivity contribution in [3.63, 3.8) is 0 Å². The van der Waals surface area contributed by atoms with Gasteiger partial charge in [0.1, 0.15) is 0 Å². The zero-order chi connectivity index (χ0) is 34.0. The van der Waals surface area contributed by atoms with Gasteiger partial charge in [0.05, 0.1) is 17.1 Å². The maximum atomic E-state index is 2.50. The van der Waals surface area contributed by atoms with Gasteiger partial charge in [-0.25, -0.2) is 0 Å². The number of para-hydroxylation sites is 2. The lowest BCUT2D eigenvalue weighted by molar-refractivity contribution is 1.28. The highest BCUT2D eigenvalue weighted by Crippen LogP contribution is 2.51. The fourth-order valence-corrected chi connectivity index (χ4v) is 7.59. The normalized spacial score (nSPS) is 11.1. The van der Waals surface area contributed by atoms with Crippen LogP contribution in [0.5, 0.6) is 0 Å². The van der Waals surface area contributed by atoms with Gasteiger partial charge in [-0.2, -0.15) is 0 Å². The minimum atomic E-state index is 1.11. The zero-order valence-electron chi connectivity index (χ0n) is 28.2. The maximum Gasteiger partial charge on any atom is 0.0547 e. The van der Waals surface area contributed by atoms with Crippen molar-refractivity contribution in [1.82, 2.24) is 0 Å². The predicted molar refractivity (Wildman–Crippen MR) is 218 cm³/mol. The summed E-state index contributed by atoms with van der Waals surface area (Å²) < 4.78 is 0. The van der Waals surface area contributed by atoms with Gasteiger partial charge in [-0.05, 0) is 67.6 Å². The van der Waals surface area contributed by atoms with E-state index in [0.29, 0.717) is 0 Å². The molecular formula is C50H35N. The SMILES string of the molecule is c1ccc(-c2ccccc2N(c2ccccc2-c2cccc3ccccc23)c2cccc(-c3ccccc3)c2-c2cccc3ccccc23)cc1. The highest BCUT2D eigenvalue weighted by molar-refractivity contribution is 6.09. The van der Waals surface area contributed by atoms with E-state index >= 15 is 0 Å². The molecule has 51 heavy (non-hydrogen) atoms. The maximum absolute atomic E-state index is 2.50. The summed E-state index contributed by atoms with van der Waals surface area (Å²) in [5.74, 6) is 0. The van der Waals surface area contributed by atoms with Crippen LogP contribution in [0.1, 0.15) is 0 Å². The second-order valence-electron chi connectivity index (χ2n) is 12.9. The molecule has 9 rings (SSSR count). The van der Waals surface area contributed by atoms with E-state index in [4.69, 9.17) is 0 Å². The highest BCUT2D eigenvalue weighted by atomic mass is 15.1. The third-order valence-corrected chi connectivity index (χ3v) is 9.88. The smallest absolute Gasteiger partial charge is 0.0547 e. The Bertz CT molecular complexity index is 2630. The number of anilines is 3. The Hall–Kier alpha value is -6.70. The van der Waals surface area contributed by atoms with Crippen molar-refractivity contribution < 1.29 is 0 Å². The van der Waals surface area contributed by atoms with E-state index < -0.39 is 0 Å². The minimum absolute atomic E-state index is 1.11. The Kier molecular flexibility index (Phi) is 7.92. The Morgan fingerprint density at radius 3 is 1.29 bits per heavy atom. The first-order chi connectivity index (χ1) is 25.3. The molecule has 0 saturated heterocycles. The summed E-state index contributed by atoms with van der Waals surface area (Å²) in [6.45, 7) is 0. The molecule has 0 atom stereocenters. The van der Waals surface area contributed by atoms with Gasteiger partial charge in [-0.1, -0.05) is 194 Å². The molecular weight excluding hydrogens is 615 g/mol. The number of fused-ring (bicyclic) bond motifs is 2. The molecule has 0 N–H and O–H groups in total. The first kappa shape index (κ1) is 30.4. The van der Waals surface area contributed by atoms with Crippen LogP contribution in [0.4, 0.5) is 17.1 Å². The number of benzene rings is 9. The molecule has 0 bridgehead atoms.